The van der Waals surface area contributed by atoms with Crippen LogP contribution in [0.2, 0.25) is 5.02 Å². The second-order valence-electron chi connectivity index (χ2n) is 4.66. The van der Waals surface area contributed by atoms with E-state index in [4.69, 9.17) is 16.7 Å². The fourth-order valence-corrected chi connectivity index (χ4v) is 2.19. The Bertz CT molecular complexity index is 480. The number of amides is 1. The maximum Gasteiger partial charge on any atom is 0.303 e. The molecule has 1 aromatic rings. The molecular formula is C14H19ClN2O3. The molecule has 1 aromatic carbocycles. The van der Waals surface area contributed by atoms with Crippen LogP contribution >= 0.6 is 11.6 Å². The van der Waals surface area contributed by atoms with Gasteiger partial charge in [-0.2, -0.15) is 0 Å². The third kappa shape index (κ3) is 5.59. The minimum atomic E-state index is -0.835. The molecule has 0 saturated carbocycles. The molecule has 3 N–H and O–H groups in total. The number of carbonyl (C=O) groups excluding carboxylic acids is 1. The standard InChI is InChI=1S/C14H19ClN2O3/c1-9-6-10(2)14(11(15)7-9)17-12(18)8-16-5-3-4-13(19)20/h6-7,16H,3-5,8H2,1-2H3,(H,17,18)(H,19,20). The van der Waals surface area contributed by atoms with E-state index in [-0.39, 0.29) is 18.9 Å². The van der Waals surface area contributed by atoms with E-state index in [1.807, 2.05) is 19.9 Å². The van der Waals surface area contributed by atoms with Crippen LogP contribution in [0, 0.1) is 13.8 Å². The van der Waals surface area contributed by atoms with E-state index >= 15 is 0 Å². The predicted molar refractivity (Wildman–Crippen MR) is 79.3 cm³/mol. The summed E-state index contributed by atoms with van der Waals surface area (Å²) in [6, 6.07) is 3.74. The normalized spacial score (nSPS) is 10.3. The van der Waals surface area contributed by atoms with E-state index in [9.17, 15) is 9.59 Å². The van der Waals surface area contributed by atoms with Crippen LogP contribution in [0.5, 0.6) is 0 Å². The van der Waals surface area contributed by atoms with Crippen LogP contribution in [0.15, 0.2) is 12.1 Å². The van der Waals surface area contributed by atoms with Crippen molar-refractivity contribution in [2.75, 3.05) is 18.4 Å². The van der Waals surface area contributed by atoms with Crippen LogP contribution in [0.3, 0.4) is 0 Å². The number of nitrogens with one attached hydrogen (secondary N) is 2. The number of anilines is 1. The van der Waals surface area contributed by atoms with Gasteiger partial charge in [0.1, 0.15) is 0 Å². The highest BCUT2D eigenvalue weighted by atomic mass is 35.5. The van der Waals surface area contributed by atoms with Gasteiger partial charge in [0.15, 0.2) is 0 Å². The van der Waals surface area contributed by atoms with Crippen molar-refractivity contribution in [1.82, 2.24) is 5.32 Å². The number of aryl methyl sites for hydroxylation is 2. The molecule has 20 heavy (non-hydrogen) atoms. The van der Waals surface area contributed by atoms with Gasteiger partial charge in [-0.15, -0.1) is 0 Å². The number of carbonyl (C=O) groups is 2. The summed E-state index contributed by atoms with van der Waals surface area (Å²) in [4.78, 5) is 22.1. The molecule has 6 heteroatoms. The second-order valence-corrected chi connectivity index (χ2v) is 5.07. The van der Waals surface area contributed by atoms with E-state index in [1.54, 1.807) is 6.07 Å². The van der Waals surface area contributed by atoms with Crippen molar-refractivity contribution in [3.63, 3.8) is 0 Å². The maximum absolute atomic E-state index is 11.8. The van der Waals surface area contributed by atoms with E-state index in [2.05, 4.69) is 10.6 Å². The molecule has 1 amide bonds. The molecular weight excluding hydrogens is 280 g/mol. The van der Waals surface area contributed by atoms with Crippen LogP contribution in [0.1, 0.15) is 24.0 Å². The van der Waals surface area contributed by atoms with Crippen molar-refractivity contribution in [3.8, 4) is 0 Å². The lowest BCUT2D eigenvalue weighted by Gasteiger charge is -2.12. The summed E-state index contributed by atoms with van der Waals surface area (Å²) in [7, 11) is 0. The van der Waals surface area contributed by atoms with Gasteiger partial charge in [-0.05, 0) is 44.0 Å². The molecule has 0 aliphatic carbocycles. The lowest BCUT2D eigenvalue weighted by molar-refractivity contribution is -0.137. The number of hydrogen-bond donors (Lipinski definition) is 3. The third-order valence-corrected chi connectivity index (χ3v) is 3.02. The molecule has 0 heterocycles. The fraction of sp³-hybridized carbons (Fsp3) is 0.429. The molecule has 5 nitrogen and oxygen atoms in total. The molecule has 0 radical (unpaired) electrons. The minimum absolute atomic E-state index is 0.0948. The van der Waals surface area contributed by atoms with Gasteiger partial charge in [0.05, 0.1) is 17.3 Å². The van der Waals surface area contributed by atoms with Crippen LogP contribution < -0.4 is 10.6 Å². The zero-order chi connectivity index (χ0) is 15.1. The Kier molecular flexibility index (Phi) is 6.48. The summed E-state index contributed by atoms with van der Waals surface area (Å²) in [6.45, 7) is 4.44. The van der Waals surface area contributed by atoms with Gasteiger partial charge >= 0.3 is 5.97 Å². The summed E-state index contributed by atoms with van der Waals surface area (Å²) in [5.41, 5.74) is 2.57. The largest absolute Gasteiger partial charge is 0.481 e. The Balaban J connectivity index is 2.41. The zero-order valence-electron chi connectivity index (χ0n) is 11.6. The van der Waals surface area contributed by atoms with E-state index in [0.717, 1.165) is 11.1 Å². The highest BCUT2D eigenvalue weighted by Crippen LogP contribution is 2.27. The number of aliphatic carboxylic acids is 1. The lowest BCUT2D eigenvalue weighted by Crippen LogP contribution is -2.29. The first-order chi connectivity index (χ1) is 9.40. The van der Waals surface area contributed by atoms with Crippen molar-refractivity contribution < 1.29 is 14.7 Å². The van der Waals surface area contributed by atoms with E-state index in [1.165, 1.54) is 0 Å². The molecule has 0 spiro atoms. The lowest BCUT2D eigenvalue weighted by atomic mass is 10.1. The Hall–Kier alpha value is -1.59. The Morgan fingerprint density at radius 3 is 2.60 bits per heavy atom. The van der Waals surface area contributed by atoms with E-state index in [0.29, 0.717) is 23.7 Å². The second kappa shape index (κ2) is 7.87. The molecule has 110 valence electrons. The first kappa shape index (κ1) is 16.5. The molecule has 0 fully saturated rings. The number of rotatable bonds is 7. The molecule has 0 saturated heterocycles. The number of benzene rings is 1. The summed E-state index contributed by atoms with van der Waals surface area (Å²) in [5.74, 6) is -1.03. The molecule has 0 bridgehead atoms. The zero-order valence-corrected chi connectivity index (χ0v) is 12.4. The van der Waals surface area contributed by atoms with Crippen LogP contribution in [0.4, 0.5) is 5.69 Å². The monoisotopic (exact) mass is 298 g/mol. The van der Waals surface area contributed by atoms with Crippen molar-refractivity contribution in [1.29, 1.82) is 0 Å². The summed E-state index contributed by atoms with van der Waals surface area (Å²) < 4.78 is 0. The van der Waals surface area contributed by atoms with Crippen LogP contribution in [0.25, 0.3) is 0 Å². The number of hydrogen-bond acceptors (Lipinski definition) is 3. The minimum Gasteiger partial charge on any atom is -0.481 e. The SMILES string of the molecule is Cc1cc(C)c(NC(=O)CNCCCC(=O)O)c(Cl)c1. The summed E-state index contributed by atoms with van der Waals surface area (Å²) in [6.07, 6.45) is 0.588. The molecule has 1 rings (SSSR count). The highest BCUT2D eigenvalue weighted by Gasteiger charge is 2.09. The summed E-state index contributed by atoms with van der Waals surface area (Å²) >= 11 is 6.10. The quantitative estimate of drug-likeness (QED) is 0.675. The van der Waals surface area contributed by atoms with Gasteiger partial charge in [-0.1, -0.05) is 17.7 Å². The number of halogens is 1. The van der Waals surface area contributed by atoms with Crippen molar-refractivity contribution in [3.05, 3.63) is 28.3 Å². The van der Waals surface area contributed by atoms with Gasteiger partial charge in [0.25, 0.3) is 0 Å². The Labute approximate surface area is 123 Å². The van der Waals surface area contributed by atoms with Crippen molar-refractivity contribution >= 4 is 29.2 Å². The van der Waals surface area contributed by atoms with E-state index < -0.39 is 5.97 Å². The molecule has 0 unspecified atom stereocenters. The van der Waals surface area contributed by atoms with Gasteiger partial charge < -0.3 is 15.7 Å². The molecule has 0 aliphatic heterocycles. The van der Waals surface area contributed by atoms with Crippen LogP contribution in [-0.2, 0) is 9.59 Å². The first-order valence-corrected chi connectivity index (χ1v) is 6.77. The van der Waals surface area contributed by atoms with Gasteiger partial charge in [0.2, 0.25) is 5.91 Å². The molecule has 0 aromatic heterocycles. The highest BCUT2D eigenvalue weighted by molar-refractivity contribution is 6.34. The number of carboxylic acids is 1. The maximum atomic E-state index is 11.8. The van der Waals surface area contributed by atoms with Gasteiger partial charge in [-0.25, -0.2) is 0 Å². The summed E-state index contributed by atoms with van der Waals surface area (Å²) in [5, 5.41) is 14.6. The topological polar surface area (TPSA) is 78.4 Å². The van der Waals surface area contributed by atoms with Gasteiger partial charge in [-0.3, -0.25) is 9.59 Å². The average Bonchev–Trinajstić information content (AvgIpc) is 2.33. The smallest absolute Gasteiger partial charge is 0.303 e. The third-order valence-electron chi connectivity index (χ3n) is 2.73. The van der Waals surface area contributed by atoms with Gasteiger partial charge in [0, 0.05) is 6.42 Å². The fourth-order valence-electron chi connectivity index (χ4n) is 1.82. The average molecular weight is 299 g/mol. The Morgan fingerprint density at radius 1 is 1.30 bits per heavy atom. The predicted octanol–water partition coefficient (Wildman–Crippen LogP) is 2.35. The first-order valence-electron chi connectivity index (χ1n) is 6.39. The number of carboxylic acid groups (broad SMARTS) is 1. The molecule has 0 aliphatic rings. The van der Waals surface area contributed by atoms with Crippen LogP contribution in [-0.4, -0.2) is 30.1 Å². The molecule has 0 atom stereocenters. The van der Waals surface area contributed by atoms with Crippen molar-refractivity contribution in [2.24, 2.45) is 0 Å². The van der Waals surface area contributed by atoms with Crippen molar-refractivity contribution in [2.45, 2.75) is 26.7 Å². The Morgan fingerprint density at radius 2 is 2.00 bits per heavy atom.